The zero-order valence-corrected chi connectivity index (χ0v) is 11.4. The molecule has 110 valence electrons. The van der Waals surface area contributed by atoms with E-state index in [0.717, 1.165) is 25.1 Å². The van der Waals surface area contributed by atoms with Crippen molar-refractivity contribution in [1.29, 1.82) is 0 Å². The summed E-state index contributed by atoms with van der Waals surface area (Å²) in [5, 5.41) is -0.169. The van der Waals surface area contributed by atoms with Gasteiger partial charge in [0.15, 0.2) is 5.75 Å². The fourth-order valence-electron chi connectivity index (χ4n) is 1.80. The maximum absolute atomic E-state index is 13.6. The molecular weight excluding hydrogens is 303 g/mol. The molecule has 1 aliphatic rings. The number of anilines is 1. The number of nitrogen functional groups attached to an aromatic ring is 1. The molecule has 21 heavy (non-hydrogen) atoms. The first-order chi connectivity index (χ1) is 9.97. The third-order valence-corrected chi connectivity index (χ3v) is 3.44. The van der Waals surface area contributed by atoms with Crippen molar-refractivity contribution in [3.63, 3.8) is 0 Å². The van der Waals surface area contributed by atoms with E-state index in [9.17, 15) is 14.0 Å². The predicted molar refractivity (Wildman–Crippen MR) is 74.1 cm³/mol. The molecule has 1 aromatic carbocycles. The highest BCUT2D eigenvalue weighted by atomic mass is 35.5. The number of aromatic nitrogens is 1. The van der Waals surface area contributed by atoms with Gasteiger partial charge in [-0.25, -0.2) is 9.18 Å². The lowest BCUT2D eigenvalue weighted by Crippen LogP contribution is -2.17. The van der Waals surface area contributed by atoms with E-state index in [1.165, 1.54) is 0 Å². The number of nitrogens with one attached hydrogen (secondary N) is 1. The second-order valence-corrected chi connectivity index (χ2v) is 5.04. The van der Waals surface area contributed by atoms with Crippen LogP contribution in [-0.2, 0) is 4.74 Å². The molecule has 6 nitrogen and oxygen atoms in total. The second-order valence-electron chi connectivity index (χ2n) is 4.66. The molecule has 2 aromatic rings. The topological polar surface area (TPSA) is 94.4 Å². The number of carbonyl (C=O) groups excluding carboxylic acids is 1. The summed E-state index contributed by atoms with van der Waals surface area (Å²) in [5.74, 6) is -1.12. The van der Waals surface area contributed by atoms with Crippen LogP contribution in [0.4, 0.5) is 14.9 Å². The molecule has 0 aliphatic heterocycles. The highest BCUT2D eigenvalue weighted by Gasteiger charge is 2.27. The van der Waals surface area contributed by atoms with Gasteiger partial charge in [0.25, 0.3) is 0 Å². The average molecular weight is 313 g/mol. The van der Waals surface area contributed by atoms with E-state index in [4.69, 9.17) is 26.8 Å². The summed E-state index contributed by atoms with van der Waals surface area (Å²) in [6.45, 7) is 0. The van der Waals surface area contributed by atoms with Crippen molar-refractivity contribution in [2.75, 3.05) is 5.73 Å². The molecule has 1 heterocycles. The molecule has 0 unspecified atom stereocenters. The molecule has 0 saturated heterocycles. The van der Waals surface area contributed by atoms with Crippen LogP contribution < -0.4 is 15.9 Å². The van der Waals surface area contributed by atoms with Crippen LogP contribution in [0, 0.1) is 5.82 Å². The highest BCUT2D eigenvalue weighted by Crippen LogP contribution is 2.29. The Labute approximate surface area is 122 Å². The van der Waals surface area contributed by atoms with Crippen LogP contribution in [-0.4, -0.2) is 17.2 Å². The van der Waals surface area contributed by atoms with Crippen LogP contribution in [0.1, 0.15) is 12.8 Å². The Morgan fingerprint density at radius 3 is 2.86 bits per heavy atom. The number of H-pyrrole nitrogens is 1. The molecule has 3 N–H and O–H groups in total. The first-order valence-corrected chi connectivity index (χ1v) is 6.52. The van der Waals surface area contributed by atoms with Gasteiger partial charge in [0.1, 0.15) is 11.9 Å². The molecule has 8 heteroatoms. The average Bonchev–Trinajstić information content (AvgIpc) is 3.24. The Hall–Kier alpha value is -2.28. The van der Waals surface area contributed by atoms with E-state index >= 15 is 0 Å². The lowest BCUT2D eigenvalue weighted by atomic mass is 10.2. The maximum Gasteiger partial charge on any atom is 0.514 e. The van der Waals surface area contributed by atoms with E-state index < -0.39 is 17.4 Å². The van der Waals surface area contributed by atoms with Crippen LogP contribution in [0.2, 0.25) is 5.02 Å². The third kappa shape index (κ3) is 2.52. The minimum absolute atomic E-state index is 0.0663. The summed E-state index contributed by atoms with van der Waals surface area (Å²) in [4.78, 5) is 26.2. The van der Waals surface area contributed by atoms with E-state index in [2.05, 4.69) is 4.98 Å². The number of nitrogens with two attached hydrogens (primary N) is 1. The highest BCUT2D eigenvalue weighted by molar-refractivity contribution is 6.37. The third-order valence-electron chi connectivity index (χ3n) is 3.05. The van der Waals surface area contributed by atoms with Gasteiger partial charge in [-0.3, -0.25) is 4.79 Å². The number of ether oxygens (including phenoxy) is 2. The van der Waals surface area contributed by atoms with Crippen molar-refractivity contribution >= 4 is 34.3 Å². The first-order valence-electron chi connectivity index (χ1n) is 6.14. The lowest BCUT2D eigenvalue weighted by Gasteiger charge is -2.08. The molecule has 0 amide bonds. The Bertz CT molecular complexity index is 801. The molecule has 1 aliphatic carbocycles. The lowest BCUT2D eigenvalue weighted by molar-refractivity contribution is 0.0921. The van der Waals surface area contributed by atoms with Crippen molar-refractivity contribution in [2.24, 2.45) is 0 Å². The van der Waals surface area contributed by atoms with Gasteiger partial charge in [0.05, 0.1) is 21.6 Å². The van der Waals surface area contributed by atoms with Crippen LogP contribution in [0.5, 0.6) is 5.75 Å². The zero-order chi connectivity index (χ0) is 15.1. The first kappa shape index (κ1) is 13.7. The minimum Gasteiger partial charge on any atom is -0.431 e. The minimum atomic E-state index is -0.968. The van der Waals surface area contributed by atoms with Crippen molar-refractivity contribution in [3.8, 4) is 5.75 Å². The molecule has 1 saturated carbocycles. The number of aromatic amines is 1. The SMILES string of the molecule is Nc1c(F)cc2c(=O)c(OC(=O)OC3CC3)c[nH]c2c1Cl. The fraction of sp³-hybridized carbons (Fsp3) is 0.231. The van der Waals surface area contributed by atoms with Gasteiger partial charge in [0, 0.05) is 6.20 Å². The number of fused-ring (bicyclic) bond motifs is 1. The van der Waals surface area contributed by atoms with Gasteiger partial charge >= 0.3 is 6.16 Å². The van der Waals surface area contributed by atoms with Crippen molar-refractivity contribution in [1.82, 2.24) is 4.98 Å². The van der Waals surface area contributed by atoms with E-state index in [1.807, 2.05) is 0 Å². The van der Waals surface area contributed by atoms with Crippen LogP contribution in [0.3, 0.4) is 0 Å². The molecular formula is C13H10ClFN2O4. The quantitative estimate of drug-likeness (QED) is 0.656. The number of hydrogen-bond acceptors (Lipinski definition) is 5. The van der Waals surface area contributed by atoms with Gasteiger partial charge < -0.3 is 20.2 Å². The Morgan fingerprint density at radius 1 is 1.48 bits per heavy atom. The van der Waals surface area contributed by atoms with E-state index in [-0.39, 0.29) is 33.5 Å². The number of hydrogen-bond donors (Lipinski definition) is 2. The Kier molecular flexibility index (Phi) is 3.21. The fourth-order valence-corrected chi connectivity index (χ4v) is 2.05. The van der Waals surface area contributed by atoms with Gasteiger partial charge in [-0.15, -0.1) is 0 Å². The zero-order valence-electron chi connectivity index (χ0n) is 10.6. The second kappa shape index (κ2) is 4.92. The van der Waals surface area contributed by atoms with Crippen LogP contribution in [0.15, 0.2) is 17.1 Å². The van der Waals surface area contributed by atoms with Gasteiger partial charge in [-0.05, 0) is 18.9 Å². The van der Waals surface area contributed by atoms with Gasteiger partial charge in [0.2, 0.25) is 5.43 Å². The normalized spacial score (nSPS) is 14.2. The molecule has 0 radical (unpaired) electrons. The molecule has 1 aromatic heterocycles. The molecule has 1 fully saturated rings. The number of pyridine rings is 1. The summed E-state index contributed by atoms with van der Waals surface area (Å²) in [5.41, 5.74) is 4.67. The number of halogens is 2. The molecule has 0 bridgehead atoms. The molecule has 0 spiro atoms. The van der Waals surface area contributed by atoms with Crippen LogP contribution >= 0.6 is 11.6 Å². The van der Waals surface area contributed by atoms with Crippen molar-refractivity contribution in [3.05, 3.63) is 33.3 Å². The van der Waals surface area contributed by atoms with Crippen LogP contribution in [0.25, 0.3) is 10.9 Å². The van der Waals surface area contributed by atoms with Gasteiger partial charge in [-0.2, -0.15) is 0 Å². The maximum atomic E-state index is 13.6. The van der Waals surface area contributed by atoms with Gasteiger partial charge in [-0.1, -0.05) is 11.6 Å². The number of carbonyl (C=O) groups is 1. The number of rotatable bonds is 2. The molecule has 0 atom stereocenters. The predicted octanol–water partition coefficient (Wildman–Crippen LogP) is 2.58. The van der Waals surface area contributed by atoms with Crippen molar-refractivity contribution < 1.29 is 18.7 Å². The molecule has 3 rings (SSSR count). The van der Waals surface area contributed by atoms with E-state index in [0.29, 0.717) is 0 Å². The van der Waals surface area contributed by atoms with E-state index in [1.54, 1.807) is 0 Å². The monoisotopic (exact) mass is 312 g/mol. The summed E-state index contributed by atoms with van der Waals surface area (Å²) in [7, 11) is 0. The summed E-state index contributed by atoms with van der Waals surface area (Å²) < 4.78 is 23.2. The number of benzene rings is 1. The smallest absolute Gasteiger partial charge is 0.431 e. The standard InChI is InChI=1S/C13H10ClFN2O4/c14-9-10(16)7(15)3-6-11(9)17-4-8(12(6)18)21-13(19)20-5-1-2-5/h3-5H,1-2,16H2,(H,17,18). The Morgan fingerprint density at radius 2 is 2.19 bits per heavy atom. The Balaban J connectivity index is 2.01. The summed E-state index contributed by atoms with van der Waals surface area (Å²) in [6, 6.07) is 0.939. The summed E-state index contributed by atoms with van der Waals surface area (Å²) in [6.07, 6.45) is 1.60. The largest absolute Gasteiger partial charge is 0.514 e. The summed E-state index contributed by atoms with van der Waals surface area (Å²) >= 11 is 5.87. The van der Waals surface area contributed by atoms with Crippen molar-refractivity contribution in [2.45, 2.75) is 18.9 Å².